The number of benzene rings is 2. The number of aliphatic hydroxyl groups is 3. The van der Waals surface area contributed by atoms with Crippen molar-refractivity contribution in [3.63, 3.8) is 0 Å². The Bertz CT molecular complexity index is 612. The van der Waals surface area contributed by atoms with Gasteiger partial charge in [-0.1, -0.05) is 42.5 Å². The SMILES string of the molecule is COc1cc(C[C@@H](CO)C[C@H](O)CO)ccc1Cc1ccccc1. The first-order chi connectivity index (χ1) is 11.7. The summed E-state index contributed by atoms with van der Waals surface area (Å²) < 4.78 is 5.52. The third-order valence-electron chi connectivity index (χ3n) is 4.19. The van der Waals surface area contributed by atoms with Crippen LogP contribution in [0.4, 0.5) is 0 Å². The summed E-state index contributed by atoms with van der Waals surface area (Å²) in [7, 11) is 1.66. The fraction of sp³-hybridized carbons (Fsp3) is 0.400. The molecule has 0 fully saturated rings. The van der Waals surface area contributed by atoms with E-state index in [4.69, 9.17) is 9.84 Å². The van der Waals surface area contributed by atoms with E-state index in [1.165, 1.54) is 5.56 Å². The molecule has 0 bridgehead atoms. The first-order valence-corrected chi connectivity index (χ1v) is 8.25. The number of ether oxygens (including phenoxy) is 1. The molecule has 0 heterocycles. The zero-order valence-corrected chi connectivity index (χ0v) is 14.1. The van der Waals surface area contributed by atoms with Gasteiger partial charge in [0.2, 0.25) is 0 Å². The quantitative estimate of drug-likeness (QED) is 0.659. The van der Waals surface area contributed by atoms with E-state index in [1.807, 2.05) is 30.3 Å². The van der Waals surface area contributed by atoms with Crippen LogP contribution in [0.1, 0.15) is 23.1 Å². The van der Waals surface area contributed by atoms with E-state index in [0.717, 1.165) is 23.3 Å². The highest BCUT2D eigenvalue weighted by atomic mass is 16.5. The van der Waals surface area contributed by atoms with Gasteiger partial charge in [0.05, 0.1) is 19.8 Å². The molecule has 4 heteroatoms. The van der Waals surface area contributed by atoms with Crippen molar-refractivity contribution in [2.75, 3.05) is 20.3 Å². The van der Waals surface area contributed by atoms with Gasteiger partial charge in [0.15, 0.2) is 0 Å². The maximum Gasteiger partial charge on any atom is 0.122 e. The second-order valence-electron chi connectivity index (χ2n) is 6.13. The monoisotopic (exact) mass is 330 g/mol. The summed E-state index contributed by atoms with van der Waals surface area (Å²) in [6.45, 7) is -0.305. The Morgan fingerprint density at radius 1 is 0.958 bits per heavy atom. The van der Waals surface area contributed by atoms with E-state index in [-0.39, 0.29) is 19.1 Å². The average Bonchev–Trinajstić information content (AvgIpc) is 2.62. The zero-order valence-electron chi connectivity index (χ0n) is 14.1. The van der Waals surface area contributed by atoms with Crippen molar-refractivity contribution in [3.05, 3.63) is 65.2 Å². The summed E-state index contributed by atoms with van der Waals surface area (Å²) in [4.78, 5) is 0. The second kappa shape index (κ2) is 9.42. The molecule has 2 rings (SSSR count). The molecule has 0 radical (unpaired) electrons. The van der Waals surface area contributed by atoms with Crippen LogP contribution in [-0.4, -0.2) is 41.7 Å². The van der Waals surface area contributed by atoms with Gasteiger partial charge >= 0.3 is 0 Å². The first kappa shape index (κ1) is 18.5. The van der Waals surface area contributed by atoms with Crippen LogP contribution < -0.4 is 4.74 Å². The fourth-order valence-electron chi connectivity index (χ4n) is 2.89. The van der Waals surface area contributed by atoms with Crippen LogP contribution in [0.25, 0.3) is 0 Å². The summed E-state index contributed by atoms with van der Waals surface area (Å²) >= 11 is 0. The Kier molecular flexibility index (Phi) is 7.25. The van der Waals surface area contributed by atoms with Gasteiger partial charge in [0, 0.05) is 13.0 Å². The van der Waals surface area contributed by atoms with Crippen molar-refractivity contribution in [1.29, 1.82) is 0 Å². The molecule has 0 aliphatic carbocycles. The van der Waals surface area contributed by atoms with Gasteiger partial charge in [-0.05, 0) is 41.5 Å². The Labute approximate surface area is 143 Å². The van der Waals surface area contributed by atoms with Crippen LogP contribution in [0.3, 0.4) is 0 Å². The molecule has 2 aromatic carbocycles. The lowest BCUT2D eigenvalue weighted by Crippen LogP contribution is -2.21. The minimum absolute atomic E-state index is 0.0227. The summed E-state index contributed by atoms with van der Waals surface area (Å²) in [5.74, 6) is 0.743. The summed E-state index contributed by atoms with van der Waals surface area (Å²) in [5, 5.41) is 28.0. The lowest BCUT2D eigenvalue weighted by Gasteiger charge is -2.18. The van der Waals surface area contributed by atoms with E-state index >= 15 is 0 Å². The highest BCUT2D eigenvalue weighted by molar-refractivity contribution is 5.40. The minimum Gasteiger partial charge on any atom is -0.496 e. The third kappa shape index (κ3) is 5.34. The van der Waals surface area contributed by atoms with E-state index in [9.17, 15) is 10.2 Å². The molecule has 3 N–H and O–H groups in total. The lowest BCUT2D eigenvalue weighted by molar-refractivity contribution is 0.0626. The lowest BCUT2D eigenvalue weighted by atomic mass is 9.93. The number of methoxy groups -OCH3 is 1. The third-order valence-corrected chi connectivity index (χ3v) is 4.19. The van der Waals surface area contributed by atoms with Crippen molar-refractivity contribution in [2.24, 2.45) is 5.92 Å². The topological polar surface area (TPSA) is 69.9 Å². The average molecular weight is 330 g/mol. The van der Waals surface area contributed by atoms with Gasteiger partial charge in [-0.25, -0.2) is 0 Å². The highest BCUT2D eigenvalue weighted by Crippen LogP contribution is 2.25. The molecule has 4 nitrogen and oxygen atoms in total. The fourth-order valence-corrected chi connectivity index (χ4v) is 2.89. The van der Waals surface area contributed by atoms with Gasteiger partial charge < -0.3 is 20.1 Å². The Morgan fingerprint density at radius 2 is 1.71 bits per heavy atom. The van der Waals surface area contributed by atoms with Crippen molar-refractivity contribution >= 4 is 0 Å². The van der Waals surface area contributed by atoms with Crippen molar-refractivity contribution < 1.29 is 20.1 Å². The molecule has 0 spiro atoms. The molecule has 0 saturated carbocycles. The van der Waals surface area contributed by atoms with E-state index in [0.29, 0.717) is 12.8 Å². The van der Waals surface area contributed by atoms with Crippen LogP contribution in [0.5, 0.6) is 5.75 Å². The molecule has 0 aromatic heterocycles. The van der Waals surface area contributed by atoms with Gasteiger partial charge in [-0.3, -0.25) is 0 Å². The predicted octanol–water partition coefficient (Wildman–Crippen LogP) is 2.18. The van der Waals surface area contributed by atoms with Crippen LogP contribution >= 0.6 is 0 Å². The molecule has 130 valence electrons. The molecule has 0 unspecified atom stereocenters. The van der Waals surface area contributed by atoms with Crippen molar-refractivity contribution in [2.45, 2.75) is 25.4 Å². The van der Waals surface area contributed by atoms with Gasteiger partial charge in [0.1, 0.15) is 5.75 Å². The minimum atomic E-state index is -0.790. The molecule has 0 saturated heterocycles. The Hall–Kier alpha value is -1.88. The molecule has 24 heavy (non-hydrogen) atoms. The van der Waals surface area contributed by atoms with Gasteiger partial charge in [-0.15, -0.1) is 0 Å². The van der Waals surface area contributed by atoms with Gasteiger partial charge in [0.25, 0.3) is 0 Å². The number of rotatable bonds is 9. The zero-order chi connectivity index (χ0) is 17.4. The summed E-state index contributed by atoms with van der Waals surface area (Å²) in [6.07, 6.45) is 1.02. The molecule has 2 atom stereocenters. The van der Waals surface area contributed by atoms with Gasteiger partial charge in [-0.2, -0.15) is 0 Å². The Morgan fingerprint density at radius 3 is 2.33 bits per heavy atom. The number of hydrogen-bond donors (Lipinski definition) is 3. The maximum absolute atomic E-state index is 9.56. The van der Waals surface area contributed by atoms with Crippen LogP contribution in [0.2, 0.25) is 0 Å². The van der Waals surface area contributed by atoms with E-state index in [1.54, 1.807) is 7.11 Å². The molecule has 2 aromatic rings. The second-order valence-corrected chi connectivity index (χ2v) is 6.13. The van der Waals surface area contributed by atoms with Crippen LogP contribution in [0, 0.1) is 5.92 Å². The van der Waals surface area contributed by atoms with E-state index < -0.39 is 6.10 Å². The summed E-state index contributed by atoms with van der Waals surface area (Å²) in [5.41, 5.74) is 3.39. The summed E-state index contributed by atoms with van der Waals surface area (Å²) in [6, 6.07) is 16.3. The van der Waals surface area contributed by atoms with E-state index in [2.05, 4.69) is 18.2 Å². The molecule has 0 amide bonds. The maximum atomic E-state index is 9.56. The molecule has 0 aliphatic heterocycles. The smallest absolute Gasteiger partial charge is 0.122 e. The van der Waals surface area contributed by atoms with Crippen LogP contribution in [-0.2, 0) is 12.8 Å². The van der Waals surface area contributed by atoms with Crippen molar-refractivity contribution in [3.8, 4) is 5.75 Å². The largest absolute Gasteiger partial charge is 0.496 e. The first-order valence-electron chi connectivity index (χ1n) is 8.25. The normalized spacial score (nSPS) is 13.5. The number of aliphatic hydroxyl groups excluding tert-OH is 3. The molecular weight excluding hydrogens is 304 g/mol. The predicted molar refractivity (Wildman–Crippen MR) is 94.2 cm³/mol. The standard InChI is InChI=1S/C20H26O4/c1-24-20-12-16(9-17(13-21)11-19(23)14-22)7-8-18(20)10-15-5-3-2-4-6-15/h2-8,12,17,19,21-23H,9-11,13-14H2,1H3/t17-,19+/m1/s1. The molecule has 0 aliphatic rings. The molecular formula is C20H26O4. The number of hydrogen-bond acceptors (Lipinski definition) is 4. The highest BCUT2D eigenvalue weighted by Gasteiger charge is 2.15. The van der Waals surface area contributed by atoms with Crippen LogP contribution in [0.15, 0.2) is 48.5 Å². The van der Waals surface area contributed by atoms with Crippen molar-refractivity contribution in [1.82, 2.24) is 0 Å². The Balaban J connectivity index is 2.10.